The number of ether oxygens (including phenoxy) is 1. The van der Waals surface area contributed by atoms with Gasteiger partial charge in [-0.1, -0.05) is 11.6 Å². The summed E-state index contributed by atoms with van der Waals surface area (Å²) in [5.41, 5.74) is 6.67. The Hall–Kier alpha value is -2.60. The topological polar surface area (TPSA) is 70.1 Å². The molecule has 0 aliphatic heterocycles. The first-order valence-electron chi connectivity index (χ1n) is 6.76. The predicted molar refractivity (Wildman–Crippen MR) is 87.6 cm³/mol. The molecule has 0 saturated carbocycles. The monoisotopic (exact) mass is 333 g/mol. The molecule has 118 valence electrons. The van der Waals surface area contributed by atoms with E-state index >= 15 is 0 Å². The van der Waals surface area contributed by atoms with Crippen LogP contribution in [0.15, 0.2) is 35.4 Å². The van der Waals surface area contributed by atoms with Gasteiger partial charge in [0.15, 0.2) is 5.75 Å². The van der Waals surface area contributed by atoms with Crippen molar-refractivity contribution in [2.24, 2.45) is 7.05 Å². The molecule has 0 unspecified atom stereocenters. The van der Waals surface area contributed by atoms with Crippen LogP contribution in [0.25, 0.3) is 10.9 Å². The van der Waals surface area contributed by atoms with Gasteiger partial charge >= 0.3 is 0 Å². The van der Waals surface area contributed by atoms with Gasteiger partial charge in [0.05, 0.1) is 22.9 Å². The quantitative estimate of drug-likeness (QED) is 0.730. The number of nitrogens with two attached hydrogens (primary N) is 1. The van der Waals surface area contributed by atoms with Gasteiger partial charge in [0.2, 0.25) is 0 Å². The second kappa shape index (κ2) is 5.55. The highest BCUT2D eigenvalue weighted by Gasteiger charge is 2.14. The van der Waals surface area contributed by atoms with E-state index < -0.39 is 5.82 Å². The summed E-state index contributed by atoms with van der Waals surface area (Å²) in [5, 5.41) is 0.554. The highest BCUT2D eigenvalue weighted by molar-refractivity contribution is 6.34. The van der Waals surface area contributed by atoms with Gasteiger partial charge in [0.25, 0.3) is 5.56 Å². The largest absolute Gasteiger partial charge is 0.455 e. The number of anilines is 1. The maximum absolute atomic E-state index is 13.5. The van der Waals surface area contributed by atoms with E-state index in [1.54, 1.807) is 26.1 Å². The third-order valence-electron chi connectivity index (χ3n) is 3.55. The molecule has 0 aliphatic rings. The summed E-state index contributed by atoms with van der Waals surface area (Å²) < 4.78 is 20.6. The van der Waals surface area contributed by atoms with Gasteiger partial charge in [0.1, 0.15) is 16.6 Å². The SMILES string of the molecule is Cc1c(Oc2cc(F)cc(N)c2Cl)ccc2ncn(C)c(=O)c12. The molecule has 0 radical (unpaired) electrons. The number of rotatable bonds is 2. The van der Waals surface area contributed by atoms with Gasteiger partial charge in [-0.3, -0.25) is 4.79 Å². The lowest BCUT2D eigenvalue weighted by molar-refractivity contribution is 0.474. The van der Waals surface area contributed by atoms with E-state index in [2.05, 4.69) is 4.98 Å². The maximum atomic E-state index is 13.5. The molecule has 7 heteroatoms. The Balaban J connectivity index is 2.17. The van der Waals surface area contributed by atoms with Gasteiger partial charge < -0.3 is 15.0 Å². The fraction of sp³-hybridized carbons (Fsp3) is 0.125. The van der Waals surface area contributed by atoms with Crippen molar-refractivity contribution in [1.29, 1.82) is 0 Å². The number of aromatic nitrogens is 2. The number of nitrogens with zero attached hydrogens (tertiary/aromatic N) is 2. The van der Waals surface area contributed by atoms with Crippen LogP contribution in [-0.4, -0.2) is 9.55 Å². The Kier molecular flexibility index (Phi) is 3.69. The van der Waals surface area contributed by atoms with Crippen LogP contribution in [0.2, 0.25) is 5.02 Å². The van der Waals surface area contributed by atoms with Crippen molar-refractivity contribution in [2.75, 3.05) is 5.73 Å². The van der Waals surface area contributed by atoms with Crippen molar-refractivity contribution >= 4 is 28.2 Å². The molecule has 1 aromatic heterocycles. The van der Waals surface area contributed by atoms with E-state index in [9.17, 15) is 9.18 Å². The van der Waals surface area contributed by atoms with Crippen LogP contribution < -0.4 is 16.0 Å². The number of nitrogen functional groups attached to an aromatic ring is 1. The average molecular weight is 334 g/mol. The molecule has 0 fully saturated rings. The van der Waals surface area contributed by atoms with Crippen LogP contribution in [0.4, 0.5) is 10.1 Å². The number of halogens is 2. The first kappa shape index (κ1) is 15.3. The number of hydrogen-bond donors (Lipinski definition) is 1. The fourth-order valence-corrected chi connectivity index (χ4v) is 2.47. The van der Waals surface area contributed by atoms with Crippen LogP contribution in [0, 0.1) is 12.7 Å². The van der Waals surface area contributed by atoms with Crippen molar-refractivity contribution in [2.45, 2.75) is 6.92 Å². The molecule has 0 amide bonds. The predicted octanol–water partition coefficient (Wildman–Crippen LogP) is 3.41. The van der Waals surface area contributed by atoms with Gasteiger partial charge in [-0.05, 0) is 25.1 Å². The summed E-state index contributed by atoms with van der Waals surface area (Å²) in [5.74, 6) is -0.0836. The van der Waals surface area contributed by atoms with Crippen molar-refractivity contribution < 1.29 is 9.13 Å². The molecular formula is C16H13ClFN3O2. The minimum atomic E-state index is -0.557. The normalized spacial score (nSPS) is 11.0. The molecule has 3 rings (SSSR count). The Morgan fingerprint density at radius 1 is 1.30 bits per heavy atom. The van der Waals surface area contributed by atoms with Gasteiger partial charge in [-0.2, -0.15) is 0 Å². The molecule has 2 N–H and O–H groups in total. The van der Waals surface area contributed by atoms with Crippen LogP contribution >= 0.6 is 11.6 Å². The smallest absolute Gasteiger partial charge is 0.261 e. The summed E-state index contributed by atoms with van der Waals surface area (Å²) >= 11 is 6.05. The highest BCUT2D eigenvalue weighted by atomic mass is 35.5. The van der Waals surface area contributed by atoms with E-state index in [-0.39, 0.29) is 22.0 Å². The van der Waals surface area contributed by atoms with Crippen molar-refractivity contribution in [3.63, 3.8) is 0 Å². The molecule has 0 atom stereocenters. The summed E-state index contributed by atoms with van der Waals surface area (Å²) in [6, 6.07) is 5.57. The standard InChI is InChI=1S/C16H13ClFN3O2/c1-8-12(23-13-6-9(18)5-10(19)15(13)17)4-3-11-14(8)16(22)21(2)7-20-11/h3-7H,19H2,1-2H3. The summed E-state index contributed by atoms with van der Waals surface area (Å²) in [6.07, 6.45) is 1.45. The molecule has 0 aliphatic carbocycles. The summed E-state index contributed by atoms with van der Waals surface area (Å²) in [7, 11) is 1.62. The lowest BCUT2D eigenvalue weighted by Gasteiger charge is -2.13. The molecular weight excluding hydrogens is 321 g/mol. The minimum absolute atomic E-state index is 0.0812. The third-order valence-corrected chi connectivity index (χ3v) is 3.95. The molecule has 3 aromatic rings. The summed E-state index contributed by atoms with van der Waals surface area (Å²) in [6.45, 7) is 1.73. The Morgan fingerprint density at radius 3 is 2.78 bits per heavy atom. The van der Waals surface area contributed by atoms with E-state index in [1.165, 1.54) is 10.9 Å². The van der Waals surface area contributed by atoms with Crippen LogP contribution in [0.5, 0.6) is 11.5 Å². The van der Waals surface area contributed by atoms with Crippen LogP contribution in [0.1, 0.15) is 5.56 Å². The lowest BCUT2D eigenvalue weighted by atomic mass is 10.1. The molecule has 2 aromatic carbocycles. The number of fused-ring (bicyclic) bond motifs is 1. The zero-order valence-corrected chi connectivity index (χ0v) is 13.2. The molecule has 5 nitrogen and oxygen atoms in total. The van der Waals surface area contributed by atoms with Gasteiger partial charge in [-0.25, -0.2) is 9.37 Å². The third kappa shape index (κ3) is 2.61. The van der Waals surface area contributed by atoms with Gasteiger partial charge in [0, 0.05) is 18.7 Å². The lowest BCUT2D eigenvalue weighted by Crippen LogP contribution is -2.17. The minimum Gasteiger partial charge on any atom is -0.455 e. The van der Waals surface area contributed by atoms with E-state index in [0.717, 1.165) is 12.1 Å². The molecule has 1 heterocycles. The average Bonchev–Trinajstić information content (AvgIpc) is 2.50. The first-order chi connectivity index (χ1) is 10.9. The number of hydrogen-bond acceptors (Lipinski definition) is 4. The molecule has 0 spiro atoms. The van der Waals surface area contributed by atoms with E-state index in [0.29, 0.717) is 22.2 Å². The summed E-state index contributed by atoms with van der Waals surface area (Å²) in [4.78, 5) is 16.5. The molecule has 23 heavy (non-hydrogen) atoms. The van der Waals surface area contributed by atoms with E-state index in [4.69, 9.17) is 22.1 Å². The second-order valence-electron chi connectivity index (χ2n) is 5.15. The molecule has 0 bridgehead atoms. The number of aryl methyl sites for hydroxylation is 2. The van der Waals surface area contributed by atoms with Crippen LogP contribution in [-0.2, 0) is 7.05 Å². The van der Waals surface area contributed by atoms with Crippen molar-refractivity contribution in [3.05, 3.63) is 57.3 Å². The second-order valence-corrected chi connectivity index (χ2v) is 5.53. The fourth-order valence-electron chi connectivity index (χ4n) is 2.32. The Bertz CT molecular complexity index is 985. The Morgan fingerprint density at radius 2 is 2.04 bits per heavy atom. The van der Waals surface area contributed by atoms with E-state index in [1.807, 2.05) is 0 Å². The number of benzene rings is 2. The van der Waals surface area contributed by atoms with Crippen molar-refractivity contribution in [1.82, 2.24) is 9.55 Å². The van der Waals surface area contributed by atoms with Gasteiger partial charge in [-0.15, -0.1) is 0 Å². The van der Waals surface area contributed by atoms with Crippen molar-refractivity contribution in [3.8, 4) is 11.5 Å². The Labute approximate surface area is 136 Å². The van der Waals surface area contributed by atoms with Crippen LogP contribution in [0.3, 0.4) is 0 Å². The zero-order chi connectivity index (χ0) is 16.7. The highest BCUT2D eigenvalue weighted by Crippen LogP contribution is 2.36. The maximum Gasteiger partial charge on any atom is 0.261 e. The first-order valence-corrected chi connectivity index (χ1v) is 7.13. The zero-order valence-electron chi connectivity index (χ0n) is 12.4. The molecule has 0 saturated heterocycles.